The summed E-state index contributed by atoms with van der Waals surface area (Å²) >= 11 is 0. The van der Waals surface area contributed by atoms with Crippen molar-refractivity contribution < 1.29 is 8.42 Å². The Labute approximate surface area is 131 Å². The van der Waals surface area contributed by atoms with Gasteiger partial charge in [0.05, 0.1) is 23.8 Å². The molecule has 2 aromatic rings. The van der Waals surface area contributed by atoms with Crippen molar-refractivity contribution in [3.8, 4) is 0 Å². The molecule has 1 N–H and O–H groups in total. The maximum absolute atomic E-state index is 12.7. The topological polar surface area (TPSA) is 76.9 Å². The molecule has 2 rings (SSSR count). The second-order valence-electron chi connectivity index (χ2n) is 5.82. The Bertz CT molecular complexity index is 724. The van der Waals surface area contributed by atoms with Gasteiger partial charge in [-0.15, -0.1) is 0 Å². The molecule has 0 aliphatic heterocycles. The Morgan fingerprint density at radius 2 is 1.82 bits per heavy atom. The molecule has 0 spiro atoms. The minimum atomic E-state index is -3.58. The minimum absolute atomic E-state index is 0.117. The third-order valence-electron chi connectivity index (χ3n) is 3.57. The molecule has 1 heterocycles. The van der Waals surface area contributed by atoms with Crippen LogP contribution in [0.15, 0.2) is 35.5 Å². The van der Waals surface area contributed by atoms with Crippen molar-refractivity contribution in [2.75, 3.05) is 0 Å². The van der Waals surface area contributed by atoms with Gasteiger partial charge < -0.3 is 0 Å². The zero-order chi connectivity index (χ0) is 16.3. The lowest BCUT2D eigenvalue weighted by Gasteiger charge is -2.22. The predicted octanol–water partition coefficient (Wildman–Crippen LogP) is 1.90. The Balaban J connectivity index is 2.26. The fourth-order valence-electron chi connectivity index (χ4n) is 2.16. The van der Waals surface area contributed by atoms with Crippen LogP contribution in [-0.4, -0.2) is 29.5 Å². The van der Waals surface area contributed by atoms with Gasteiger partial charge >= 0.3 is 0 Å². The van der Waals surface area contributed by atoms with Gasteiger partial charge in [-0.1, -0.05) is 26.0 Å². The van der Waals surface area contributed by atoms with Gasteiger partial charge in [0.1, 0.15) is 0 Å². The first-order chi connectivity index (χ1) is 10.3. The van der Waals surface area contributed by atoms with Gasteiger partial charge in [-0.3, -0.25) is 0 Å². The third-order valence-corrected chi connectivity index (χ3v) is 5.20. The molecule has 6 nitrogen and oxygen atoms in total. The van der Waals surface area contributed by atoms with Crippen LogP contribution in [0.2, 0.25) is 0 Å². The van der Waals surface area contributed by atoms with Crippen molar-refractivity contribution >= 4 is 10.0 Å². The number of rotatable bonds is 6. The number of aromatic nitrogens is 3. The average molecular weight is 322 g/mol. The second kappa shape index (κ2) is 6.58. The van der Waals surface area contributed by atoms with E-state index in [0.717, 1.165) is 11.1 Å². The van der Waals surface area contributed by atoms with E-state index in [2.05, 4.69) is 14.9 Å². The van der Waals surface area contributed by atoms with Crippen molar-refractivity contribution in [1.29, 1.82) is 0 Å². The van der Waals surface area contributed by atoms with Gasteiger partial charge in [0.15, 0.2) is 0 Å². The zero-order valence-electron chi connectivity index (χ0n) is 13.3. The molecule has 0 saturated heterocycles. The maximum Gasteiger partial charge on any atom is 0.241 e. The van der Waals surface area contributed by atoms with Gasteiger partial charge in [0.2, 0.25) is 10.0 Å². The summed E-state index contributed by atoms with van der Waals surface area (Å²) < 4.78 is 28.2. The van der Waals surface area contributed by atoms with E-state index < -0.39 is 10.0 Å². The van der Waals surface area contributed by atoms with Crippen LogP contribution < -0.4 is 4.72 Å². The SMILES string of the molecule is Cc1ccc(C)c(S(=O)(=O)NC(Cn2nccn2)C(C)C)c1. The standard InChI is InChI=1S/C15H22N4O2S/c1-11(2)14(10-19-16-7-8-17-19)18-22(20,21)15-9-12(3)5-6-13(15)4/h5-9,11,14,18H,10H2,1-4H3. The van der Waals surface area contributed by atoms with Crippen molar-refractivity contribution in [1.82, 2.24) is 19.7 Å². The van der Waals surface area contributed by atoms with E-state index in [1.54, 1.807) is 25.4 Å². The van der Waals surface area contributed by atoms with E-state index >= 15 is 0 Å². The number of hydrogen-bond donors (Lipinski definition) is 1. The van der Waals surface area contributed by atoms with Crippen molar-refractivity contribution in [2.45, 2.75) is 45.2 Å². The number of sulfonamides is 1. The molecule has 0 bridgehead atoms. The highest BCUT2D eigenvalue weighted by Crippen LogP contribution is 2.18. The largest absolute Gasteiger partial charge is 0.241 e. The van der Waals surface area contributed by atoms with Gasteiger partial charge in [0, 0.05) is 6.04 Å². The highest BCUT2D eigenvalue weighted by molar-refractivity contribution is 7.89. The summed E-state index contributed by atoms with van der Waals surface area (Å²) in [6.45, 7) is 8.02. The summed E-state index contributed by atoms with van der Waals surface area (Å²) in [6.07, 6.45) is 3.16. The van der Waals surface area contributed by atoms with Crippen LogP contribution in [0.1, 0.15) is 25.0 Å². The molecule has 1 atom stereocenters. The first kappa shape index (κ1) is 16.6. The molecule has 7 heteroatoms. The van der Waals surface area contributed by atoms with Gasteiger partial charge in [0.25, 0.3) is 0 Å². The number of aryl methyl sites for hydroxylation is 2. The molecular formula is C15H22N4O2S. The lowest BCUT2D eigenvalue weighted by atomic mass is 10.1. The summed E-state index contributed by atoms with van der Waals surface area (Å²) in [6, 6.07) is 5.14. The fourth-order valence-corrected chi connectivity index (χ4v) is 3.86. The summed E-state index contributed by atoms with van der Waals surface area (Å²) in [5, 5.41) is 8.09. The van der Waals surface area contributed by atoms with E-state index in [1.165, 1.54) is 4.80 Å². The van der Waals surface area contributed by atoms with E-state index in [-0.39, 0.29) is 12.0 Å². The summed E-state index contributed by atoms with van der Waals surface area (Å²) in [7, 11) is -3.58. The van der Waals surface area contributed by atoms with E-state index in [9.17, 15) is 8.42 Å². The summed E-state index contributed by atoms with van der Waals surface area (Å²) in [5.41, 5.74) is 1.65. The Kier molecular flexibility index (Phi) is 4.97. The van der Waals surface area contributed by atoms with Crippen molar-refractivity contribution in [2.24, 2.45) is 5.92 Å². The molecule has 1 aromatic heterocycles. The molecular weight excluding hydrogens is 300 g/mol. The van der Waals surface area contributed by atoms with Crippen LogP contribution >= 0.6 is 0 Å². The minimum Gasteiger partial charge on any atom is -0.207 e. The van der Waals surface area contributed by atoms with Crippen LogP contribution in [0, 0.1) is 19.8 Å². The van der Waals surface area contributed by atoms with Crippen LogP contribution in [0.3, 0.4) is 0 Å². The van der Waals surface area contributed by atoms with Gasteiger partial charge in [-0.05, 0) is 37.0 Å². The molecule has 0 radical (unpaired) electrons. The quantitative estimate of drug-likeness (QED) is 0.881. The Morgan fingerprint density at radius 3 is 2.41 bits per heavy atom. The molecule has 0 aliphatic carbocycles. The molecule has 0 aliphatic rings. The Hall–Kier alpha value is -1.73. The van der Waals surface area contributed by atoms with E-state index in [1.807, 2.05) is 32.9 Å². The molecule has 22 heavy (non-hydrogen) atoms. The van der Waals surface area contributed by atoms with Crippen LogP contribution in [0.4, 0.5) is 0 Å². The van der Waals surface area contributed by atoms with Crippen LogP contribution in [0.5, 0.6) is 0 Å². The molecule has 1 aromatic carbocycles. The molecule has 120 valence electrons. The monoisotopic (exact) mass is 322 g/mol. The van der Waals surface area contributed by atoms with Crippen LogP contribution in [0.25, 0.3) is 0 Å². The highest BCUT2D eigenvalue weighted by atomic mass is 32.2. The number of nitrogens with zero attached hydrogens (tertiary/aromatic N) is 3. The first-order valence-electron chi connectivity index (χ1n) is 7.23. The summed E-state index contributed by atoms with van der Waals surface area (Å²) in [4.78, 5) is 1.82. The maximum atomic E-state index is 12.7. The van der Waals surface area contributed by atoms with Crippen LogP contribution in [-0.2, 0) is 16.6 Å². The van der Waals surface area contributed by atoms with Crippen molar-refractivity contribution in [3.63, 3.8) is 0 Å². The molecule has 0 amide bonds. The average Bonchev–Trinajstić information content (AvgIpc) is 2.93. The summed E-state index contributed by atoms with van der Waals surface area (Å²) in [5.74, 6) is 0.117. The van der Waals surface area contributed by atoms with Gasteiger partial charge in [-0.25, -0.2) is 13.1 Å². The van der Waals surface area contributed by atoms with Crippen molar-refractivity contribution in [3.05, 3.63) is 41.7 Å². The Morgan fingerprint density at radius 1 is 1.18 bits per heavy atom. The lowest BCUT2D eigenvalue weighted by molar-refractivity contribution is 0.361. The van der Waals surface area contributed by atoms with E-state index in [0.29, 0.717) is 11.4 Å². The first-order valence-corrected chi connectivity index (χ1v) is 8.71. The fraction of sp³-hybridized carbons (Fsp3) is 0.467. The zero-order valence-corrected chi connectivity index (χ0v) is 14.1. The van der Waals surface area contributed by atoms with E-state index in [4.69, 9.17) is 0 Å². The third kappa shape index (κ3) is 3.92. The molecule has 0 saturated carbocycles. The molecule has 1 unspecified atom stereocenters. The normalized spacial score (nSPS) is 13.5. The lowest BCUT2D eigenvalue weighted by Crippen LogP contribution is -2.42. The van der Waals surface area contributed by atoms with Gasteiger partial charge in [-0.2, -0.15) is 15.0 Å². The number of hydrogen-bond acceptors (Lipinski definition) is 4. The highest BCUT2D eigenvalue weighted by Gasteiger charge is 2.24. The number of benzene rings is 1. The molecule has 0 fully saturated rings. The predicted molar refractivity (Wildman–Crippen MR) is 84.9 cm³/mol. The second-order valence-corrected chi connectivity index (χ2v) is 7.51. The smallest absolute Gasteiger partial charge is 0.207 e. The number of nitrogens with one attached hydrogen (secondary N) is 1.